The third-order valence-corrected chi connectivity index (χ3v) is 3.02. The van der Waals surface area contributed by atoms with Crippen molar-refractivity contribution in [2.45, 2.75) is 71.2 Å². The van der Waals surface area contributed by atoms with Crippen molar-refractivity contribution in [2.24, 2.45) is 5.73 Å². The van der Waals surface area contributed by atoms with E-state index in [0.717, 1.165) is 6.42 Å². The number of aliphatic hydroxyl groups excluding tert-OH is 1. The van der Waals surface area contributed by atoms with Gasteiger partial charge in [-0.3, -0.25) is 0 Å². The van der Waals surface area contributed by atoms with Crippen LogP contribution in [-0.4, -0.2) is 48.1 Å². The Balaban J connectivity index is 4.39. The first-order valence-electron chi connectivity index (χ1n) is 7.30. The highest BCUT2D eigenvalue weighted by Gasteiger charge is 2.23. The van der Waals surface area contributed by atoms with E-state index in [4.69, 9.17) is 15.6 Å². The molecule has 6 nitrogen and oxygen atoms in total. The van der Waals surface area contributed by atoms with Gasteiger partial charge >= 0.3 is 6.09 Å². The summed E-state index contributed by atoms with van der Waals surface area (Å²) in [6, 6.07) is -0.0157. The predicted molar refractivity (Wildman–Crippen MR) is 80.6 cm³/mol. The van der Waals surface area contributed by atoms with E-state index in [-0.39, 0.29) is 24.7 Å². The summed E-state index contributed by atoms with van der Waals surface area (Å²) < 4.78 is 5.22. The van der Waals surface area contributed by atoms with E-state index in [1.807, 2.05) is 34.6 Å². The third-order valence-electron chi connectivity index (χ3n) is 3.02. The third kappa shape index (κ3) is 8.35. The first-order valence-corrected chi connectivity index (χ1v) is 7.30. The SMILES string of the molecule is CCC(CCO)NC(CN)C(C)NC(=O)OC(C)(C)C. The summed E-state index contributed by atoms with van der Waals surface area (Å²) in [5, 5.41) is 15.2. The van der Waals surface area contributed by atoms with Crippen molar-refractivity contribution < 1.29 is 14.6 Å². The molecule has 0 saturated heterocycles. The van der Waals surface area contributed by atoms with Crippen LogP contribution in [0.2, 0.25) is 0 Å². The molecule has 0 aliphatic heterocycles. The molecule has 120 valence electrons. The molecule has 0 aromatic heterocycles. The van der Waals surface area contributed by atoms with Crippen LogP contribution in [0.1, 0.15) is 47.5 Å². The van der Waals surface area contributed by atoms with Gasteiger partial charge in [0.1, 0.15) is 5.60 Å². The van der Waals surface area contributed by atoms with Crippen molar-refractivity contribution in [3.63, 3.8) is 0 Å². The van der Waals surface area contributed by atoms with Gasteiger partial charge in [0, 0.05) is 31.3 Å². The minimum Gasteiger partial charge on any atom is -0.444 e. The summed E-state index contributed by atoms with van der Waals surface area (Å²) in [6.45, 7) is 9.95. The fourth-order valence-corrected chi connectivity index (χ4v) is 1.87. The van der Waals surface area contributed by atoms with Crippen molar-refractivity contribution in [1.82, 2.24) is 10.6 Å². The van der Waals surface area contributed by atoms with Gasteiger partial charge in [0.05, 0.1) is 0 Å². The van der Waals surface area contributed by atoms with Gasteiger partial charge in [-0.25, -0.2) is 4.79 Å². The van der Waals surface area contributed by atoms with Crippen LogP contribution in [0.5, 0.6) is 0 Å². The number of alkyl carbamates (subject to hydrolysis) is 1. The molecule has 0 bridgehead atoms. The molecule has 0 heterocycles. The molecule has 0 aromatic rings. The summed E-state index contributed by atoms with van der Waals surface area (Å²) in [5.41, 5.74) is 5.24. The van der Waals surface area contributed by atoms with E-state index in [2.05, 4.69) is 10.6 Å². The minimum atomic E-state index is -0.516. The highest BCUT2D eigenvalue weighted by molar-refractivity contribution is 5.68. The number of hydrogen-bond donors (Lipinski definition) is 4. The number of hydrogen-bond acceptors (Lipinski definition) is 5. The molecule has 3 unspecified atom stereocenters. The number of ether oxygens (including phenoxy) is 1. The molecule has 0 fully saturated rings. The number of carbonyl (C=O) groups excluding carboxylic acids is 1. The van der Waals surface area contributed by atoms with E-state index >= 15 is 0 Å². The fourth-order valence-electron chi connectivity index (χ4n) is 1.87. The van der Waals surface area contributed by atoms with Crippen LogP contribution in [0, 0.1) is 0 Å². The zero-order valence-electron chi connectivity index (χ0n) is 13.4. The molecule has 3 atom stereocenters. The Morgan fingerprint density at radius 3 is 2.40 bits per heavy atom. The lowest BCUT2D eigenvalue weighted by molar-refractivity contribution is 0.0496. The standard InChI is InChI=1S/C14H31N3O3/c1-6-11(7-8-18)17-12(9-15)10(2)16-13(19)20-14(3,4)5/h10-12,17-18H,6-9,15H2,1-5H3,(H,16,19). The van der Waals surface area contributed by atoms with Crippen molar-refractivity contribution in [1.29, 1.82) is 0 Å². The van der Waals surface area contributed by atoms with Crippen LogP contribution < -0.4 is 16.4 Å². The second kappa shape index (κ2) is 9.15. The molecule has 0 aliphatic carbocycles. The first-order chi connectivity index (χ1) is 9.23. The average Bonchev–Trinajstić information content (AvgIpc) is 2.31. The zero-order chi connectivity index (χ0) is 15.8. The molecule has 5 N–H and O–H groups in total. The van der Waals surface area contributed by atoms with Gasteiger partial charge < -0.3 is 26.2 Å². The zero-order valence-corrected chi connectivity index (χ0v) is 13.4. The van der Waals surface area contributed by atoms with Crippen LogP contribution in [0.25, 0.3) is 0 Å². The van der Waals surface area contributed by atoms with E-state index in [9.17, 15) is 4.79 Å². The minimum absolute atomic E-state index is 0.0565. The van der Waals surface area contributed by atoms with E-state index in [0.29, 0.717) is 13.0 Å². The Morgan fingerprint density at radius 1 is 1.40 bits per heavy atom. The number of nitrogens with two attached hydrogens (primary N) is 1. The van der Waals surface area contributed by atoms with Gasteiger partial charge in [-0.05, 0) is 40.5 Å². The van der Waals surface area contributed by atoms with Gasteiger partial charge in [0.2, 0.25) is 0 Å². The van der Waals surface area contributed by atoms with Crippen molar-refractivity contribution in [3.8, 4) is 0 Å². The Labute approximate surface area is 122 Å². The number of carbonyl (C=O) groups is 1. The van der Waals surface area contributed by atoms with Gasteiger partial charge in [-0.2, -0.15) is 0 Å². The highest BCUT2D eigenvalue weighted by atomic mass is 16.6. The molecule has 0 aliphatic rings. The van der Waals surface area contributed by atoms with Crippen LogP contribution in [-0.2, 0) is 4.74 Å². The molecule has 0 spiro atoms. The lowest BCUT2D eigenvalue weighted by atomic mass is 10.1. The maximum atomic E-state index is 11.7. The smallest absolute Gasteiger partial charge is 0.407 e. The Kier molecular flexibility index (Phi) is 8.76. The first kappa shape index (κ1) is 19.1. The van der Waals surface area contributed by atoms with Crippen LogP contribution in [0.15, 0.2) is 0 Å². The normalized spacial score (nSPS) is 16.4. The molecule has 0 radical (unpaired) electrons. The van der Waals surface area contributed by atoms with Gasteiger partial charge in [-0.1, -0.05) is 6.92 Å². The molecule has 20 heavy (non-hydrogen) atoms. The van der Waals surface area contributed by atoms with Crippen molar-refractivity contribution in [2.75, 3.05) is 13.2 Å². The molecular weight excluding hydrogens is 258 g/mol. The maximum Gasteiger partial charge on any atom is 0.407 e. The van der Waals surface area contributed by atoms with Gasteiger partial charge in [-0.15, -0.1) is 0 Å². The Hall–Kier alpha value is -0.850. The lowest BCUT2D eigenvalue weighted by Gasteiger charge is -2.30. The second-order valence-corrected chi connectivity index (χ2v) is 6.06. The van der Waals surface area contributed by atoms with Gasteiger partial charge in [0.25, 0.3) is 0 Å². The Bertz CT molecular complexity index is 279. The number of aliphatic hydroxyl groups is 1. The molecule has 0 aromatic carbocycles. The largest absolute Gasteiger partial charge is 0.444 e. The van der Waals surface area contributed by atoms with Crippen LogP contribution in [0.3, 0.4) is 0 Å². The average molecular weight is 289 g/mol. The highest BCUT2D eigenvalue weighted by Crippen LogP contribution is 2.07. The van der Waals surface area contributed by atoms with E-state index in [1.54, 1.807) is 0 Å². The van der Waals surface area contributed by atoms with Crippen molar-refractivity contribution in [3.05, 3.63) is 0 Å². The quantitative estimate of drug-likeness (QED) is 0.534. The summed E-state index contributed by atoms with van der Waals surface area (Å²) >= 11 is 0. The van der Waals surface area contributed by atoms with Crippen molar-refractivity contribution >= 4 is 6.09 Å². The summed E-state index contributed by atoms with van der Waals surface area (Å²) in [7, 11) is 0. The molecule has 1 amide bonds. The van der Waals surface area contributed by atoms with E-state index < -0.39 is 11.7 Å². The van der Waals surface area contributed by atoms with E-state index in [1.165, 1.54) is 0 Å². The van der Waals surface area contributed by atoms with Crippen LogP contribution >= 0.6 is 0 Å². The molecular formula is C14H31N3O3. The lowest BCUT2D eigenvalue weighted by Crippen LogP contribution is -2.55. The summed E-state index contributed by atoms with van der Waals surface area (Å²) in [5.74, 6) is 0. The molecule has 6 heteroatoms. The fraction of sp³-hybridized carbons (Fsp3) is 0.929. The summed E-state index contributed by atoms with van der Waals surface area (Å²) in [4.78, 5) is 11.7. The Morgan fingerprint density at radius 2 is 2.00 bits per heavy atom. The number of nitrogens with one attached hydrogen (secondary N) is 2. The topological polar surface area (TPSA) is 96.6 Å². The second-order valence-electron chi connectivity index (χ2n) is 6.06. The van der Waals surface area contributed by atoms with Crippen LogP contribution in [0.4, 0.5) is 4.79 Å². The predicted octanol–water partition coefficient (Wildman–Crippen LogP) is 0.978. The molecule has 0 rings (SSSR count). The maximum absolute atomic E-state index is 11.7. The monoisotopic (exact) mass is 289 g/mol. The number of amides is 1. The number of rotatable bonds is 8. The van der Waals surface area contributed by atoms with Gasteiger partial charge in [0.15, 0.2) is 0 Å². The summed E-state index contributed by atoms with van der Waals surface area (Å²) in [6.07, 6.45) is 1.13. The molecule has 0 saturated carbocycles.